The maximum atomic E-state index is 13.2. The van der Waals surface area contributed by atoms with Gasteiger partial charge in [0.1, 0.15) is 11.7 Å². The maximum absolute atomic E-state index is 13.2. The number of nitrogens with one attached hydrogen (secondary N) is 2. The van der Waals surface area contributed by atoms with Crippen LogP contribution in [0.15, 0.2) is 11.3 Å². The third-order valence-electron chi connectivity index (χ3n) is 7.35. The molecule has 8 nitrogen and oxygen atoms in total. The van der Waals surface area contributed by atoms with Gasteiger partial charge in [0.05, 0.1) is 18.1 Å². The average Bonchev–Trinajstić information content (AvgIpc) is 2.64. The molecule has 1 aliphatic heterocycles. The number of primary amides is 1. The molecule has 0 spiro atoms. The molecule has 7 unspecified atom stereocenters. The molecular weight excluding hydrogens is 362 g/mol. The van der Waals surface area contributed by atoms with Crippen molar-refractivity contribution in [3.05, 3.63) is 11.3 Å². The molecule has 28 heavy (non-hydrogen) atoms. The first-order valence-electron chi connectivity index (χ1n) is 10.3. The number of aliphatic hydroxyl groups is 2. The van der Waals surface area contributed by atoms with Gasteiger partial charge in [-0.3, -0.25) is 19.8 Å². The Morgan fingerprint density at radius 1 is 1.29 bits per heavy atom. The molecule has 4 aliphatic rings. The van der Waals surface area contributed by atoms with Crippen molar-refractivity contribution in [1.82, 2.24) is 10.9 Å². The Morgan fingerprint density at radius 3 is 2.71 bits per heavy atom. The Morgan fingerprint density at radius 2 is 2.04 bits per heavy atom. The third kappa shape index (κ3) is 2.81. The maximum Gasteiger partial charge on any atom is 0.230 e. The molecular formula is C20H29N3O5. The number of hydrogen-bond acceptors (Lipinski definition) is 7. The van der Waals surface area contributed by atoms with Crippen LogP contribution in [-0.2, 0) is 14.4 Å². The van der Waals surface area contributed by atoms with Crippen LogP contribution in [0.4, 0.5) is 0 Å². The lowest BCUT2D eigenvalue weighted by molar-refractivity contribution is -0.148. The van der Waals surface area contributed by atoms with Gasteiger partial charge in [0.2, 0.25) is 5.91 Å². The number of ketones is 2. The lowest BCUT2D eigenvalue weighted by atomic mass is 9.53. The van der Waals surface area contributed by atoms with Crippen LogP contribution >= 0.6 is 0 Å². The molecule has 1 saturated heterocycles. The Kier molecular flexibility index (Phi) is 5.05. The van der Waals surface area contributed by atoms with Crippen molar-refractivity contribution in [2.45, 2.75) is 51.2 Å². The molecule has 2 saturated carbocycles. The fourth-order valence-electron chi connectivity index (χ4n) is 6.21. The second kappa shape index (κ2) is 7.24. The monoisotopic (exact) mass is 391 g/mol. The van der Waals surface area contributed by atoms with Crippen molar-refractivity contribution in [3.63, 3.8) is 0 Å². The number of nitrogens with two attached hydrogens (primary N) is 1. The molecule has 0 aromatic heterocycles. The minimum atomic E-state index is -1.33. The van der Waals surface area contributed by atoms with Crippen molar-refractivity contribution < 1.29 is 24.6 Å². The minimum absolute atomic E-state index is 0.0214. The summed E-state index contributed by atoms with van der Waals surface area (Å²) < 4.78 is 0. The van der Waals surface area contributed by atoms with Gasteiger partial charge in [0, 0.05) is 12.1 Å². The van der Waals surface area contributed by atoms with Crippen molar-refractivity contribution in [1.29, 1.82) is 0 Å². The van der Waals surface area contributed by atoms with E-state index >= 15 is 0 Å². The Bertz CT molecular complexity index is 735. The number of hydrogen-bond donors (Lipinski definition) is 5. The summed E-state index contributed by atoms with van der Waals surface area (Å²) in [6.07, 6.45) is 2.45. The van der Waals surface area contributed by atoms with E-state index in [4.69, 9.17) is 5.73 Å². The van der Waals surface area contributed by atoms with E-state index in [9.17, 15) is 24.6 Å². The van der Waals surface area contributed by atoms with Gasteiger partial charge in [-0.1, -0.05) is 13.3 Å². The zero-order chi connectivity index (χ0) is 20.2. The summed E-state index contributed by atoms with van der Waals surface area (Å²) in [5.74, 6) is -4.21. The summed E-state index contributed by atoms with van der Waals surface area (Å²) in [6, 6.07) is -0.405. The molecule has 3 fully saturated rings. The summed E-state index contributed by atoms with van der Waals surface area (Å²) >= 11 is 0. The molecule has 0 aromatic carbocycles. The van der Waals surface area contributed by atoms with Crippen molar-refractivity contribution in [2.75, 3.05) is 6.54 Å². The van der Waals surface area contributed by atoms with Crippen molar-refractivity contribution in [3.8, 4) is 0 Å². The van der Waals surface area contributed by atoms with Crippen molar-refractivity contribution >= 4 is 17.5 Å². The van der Waals surface area contributed by atoms with E-state index in [-0.39, 0.29) is 41.6 Å². The highest BCUT2D eigenvalue weighted by molar-refractivity contribution is 6.07. The Balaban J connectivity index is 1.79. The summed E-state index contributed by atoms with van der Waals surface area (Å²) in [5, 5.41) is 21.5. The van der Waals surface area contributed by atoms with Crippen LogP contribution in [0.2, 0.25) is 0 Å². The van der Waals surface area contributed by atoms with E-state index in [0.717, 1.165) is 32.2 Å². The summed E-state index contributed by atoms with van der Waals surface area (Å²) in [7, 11) is 0. The zero-order valence-corrected chi connectivity index (χ0v) is 16.1. The molecule has 8 heteroatoms. The summed E-state index contributed by atoms with van der Waals surface area (Å²) in [4.78, 5) is 38.0. The number of fused-ring (bicyclic) bond motifs is 3. The smallest absolute Gasteiger partial charge is 0.230 e. The lowest BCUT2D eigenvalue weighted by Crippen LogP contribution is -2.61. The first-order valence-corrected chi connectivity index (χ1v) is 10.3. The number of carbonyl (C=O) groups is 3. The van der Waals surface area contributed by atoms with E-state index in [0.29, 0.717) is 5.57 Å². The number of Topliss-reactive ketones (excluding diaryl/α,β-unsaturated/α-hetero) is 2. The number of aliphatic hydroxyl groups excluding tert-OH is 2. The largest absolute Gasteiger partial charge is 0.511 e. The van der Waals surface area contributed by atoms with Crippen LogP contribution < -0.4 is 16.6 Å². The molecule has 1 amide bonds. The van der Waals surface area contributed by atoms with Crippen LogP contribution in [-0.4, -0.2) is 46.4 Å². The van der Waals surface area contributed by atoms with Gasteiger partial charge in [-0.15, -0.1) is 0 Å². The lowest BCUT2D eigenvalue weighted by Gasteiger charge is -2.51. The summed E-state index contributed by atoms with van der Waals surface area (Å²) in [6.45, 7) is 2.84. The van der Waals surface area contributed by atoms with Crippen LogP contribution in [0, 0.1) is 35.5 Å². The van der Waals surface area contributed by atoms with E-state index in [1.54, 1.807) is 0 Å². The molecule has 4 rings (SSSR count). The average molecular weight is 391 g/mol. The van der Waals surface area contributed by atoms with E-state index in [1.807, 2.05) is 0 Å². The van der Waals surface area contributed by atoms with Gasteiger partial charge < -0.3 is 15.9 Å². The van der Waals surface area contributed by atoms with Crippen LogP contribution in [0.1, 0.15) is 39.0 Å². The highest BCUT2D eigenvalue weighted by atomic mass is 16.3. The van der Waals surface area contributed by atoms with Crippen LogP contribution in [0.5, 0.6) is 0 Å². The SMILES string of the molecule is CCC[C@@H]1C2CC3CCNNC3C(=O)C2=C(O)C2C(=O)C(C(N)=O)C(O)CC21. The fraction of sp³-hybridized carbons (Fsp3) is 0.750. The Labute approximate surface area is 163 Å². The molecule has 0 bridgehead atoms. The molecule has 0 radical (unpaired) electrons. The van der Waals surface area contributed by atoms with Gasteiger partial charge >= 0.3 is 0 Å². The van der Waals surface area contributed by atoms with Crippen LogP contribution in [0.25, 0.3) is 0 Å². The fourth-order valence-corrected chi connectivity index (χ4v) is 6.21. The first-order chi connectivity index (χ1) is 13.4. The van der Waals surface area contributed by atoms with E-state index in [2.05, 4.69) is 17.8 Å². The minimum Gasteiger partial charge on any atom is -0.511 e. The van der Waals surface area contributed by atoms with Gasteiger partial charge in [0.15, 0.2) is 11.6 Å². The van der Waals surface area contributed by atoms with Gasteiger partial charge in [-0.2, -0.15) is 0 Å². The first kappa shape index (κ1) is 19.5. The molecule has 0 aromatic rings. The Hall–Kier alpha value is -1.77. The van der Waals surface area contributed by atoms with E-state index < -0.39 is 35.7 Å². The normalized spacial score (nSPS) is 43.2. The summed E-state index contributed by atoms with van der Waals surface area (Å²) in [5.41, 5.74) is 11.8. The number of allylic oxidation sites excluding steroid dienone is 1. The number of amides is 1. The van der Waals surface area contributed by atoms with Gasteiger partial charge in [0.25, 0.3) is 0 Å². The molecule has 8 atom stereocenters. The number of hydrazine groups is 1. The predicted molar refractivity (Wildman–Crippen MR) is 99.5 cm³/mol. The standard InChI is InChI=1S/C20H29N3O5/c1-2-3-9-10-6-8-4-5-22-23-16(8)19(27)14(10)17(25)13-11(9)7-12(24)15(18(13)26)20(21)28/h8-13,15-16,22-25H,2-7H2,1H3,(H2,21,28)/t8?,9-,10?,11?,12?,13?,15?,16?/m1/s1. The molecule has 6 N–H and O–H groups in total. The predicted octanol–water partition coefficient (Wildman–Crippen LogP) is -0.0323. The topological polar surface area (TPSA) is 142 Å². The van der Waals surface area contributed by atoms with Crippen molar-refractivity contribution in [2.24, 2.45) is 41.2 Å². The van der Waals surface area contributed by atoms with Gasteiger partial charge in [-0.25, -0.2) is 5.43 Å². The number of carbonyl (C=O) groups excluding carboxylic acids is 3. The second-order valence-electron chi connectivity index (χ2n) is 8.78. The van der Waals surface area contributed by atoms with E-state index in [1.165, 1.54) is 0 Å². The molecule has 1 heterocycles. The highest BCUT2D eigenvalue weighted by Crippen LogP contribution is 2.54. The van der Waals surface area contributed by atoms with Crippen LogP contribution in [0.3, 0.4) is 0 Å². The highest BCUT2D eigenvalue weighted by Gasteiger charge is 2.58. The molecule has 3 aliphatic carbocycles. The number of rotatable bonds is 3. The van der Waals surface area contributed by atoms with Gasteiger partial charge in [-0.05, 0) is 49.4 Å². The third-order valence-corrected chi connectivity index (χ3v) is 7.35. The quantitative estimate of drug-likeness (QED) is 0.425. The molecule has 154 valence electrons. The zero-order valence-electron chi connectivity index (χ0n) is 16.1. The second-order valence-corrected chi connectivity index (χ2v) is 8.78.